The summed E-state index contributed by atoms with van der Waals surface area (Å²) >= 11 is 0. The first-order chi connectivity index (χ1) is 12.9. The van der Waals surface area contributed by atoms with Gasteiger partial charge >= 0.3 is 0 Å². The third kappa shape index (κ3) is 2.59. The van der Waals surface area contributed by atoms with Gasteiger partial charge < -0.3 is 9.47 Å². The van der Waals surface area contributed by atoms with Crippen LogP contribution in [-0.2, 0) is 0 Å². The van der Waals surface area contributed by atoms with Gasteiger partial charge in [0.2, 0.25) is 6.79 Å². The molecule has 5 rings (SSSR count). The Balaban J connectivity index is 1.66. The standard InChI is InChI=1S/C22H14N2O2/c1-3-7-17-11-21-19(9-15(17)5-1)23-13-24-20-10-16-6-2-4-8-18(16)12-22(20)26-14-25-21/h1-12H,14H2. The molecule has 124 valence electrons. The zero-order valence-electron chi connectivity index (χ0n) is 13.8. The lowest BCUT2D eigenvalue weighted by Gasteiger charge is -2.14. The summed E-state index contributed by atoms with van der Waals surface area (Å²) in [6, 6.07) is 26.8. The van der Waals surface area contributed by atoms with Crippen molar-refractivity contribution < 1.29 is 9.47 Å². The van der Waals surface area contributed by atoms with Crippen LogP contribution in [0.4, 0.5) is 11.4 Å². The van der Waals surface area contributed by atoms with Gasteiger partial charge in [-0.25, -0.2) is 0 Å². The summed E-state index contributed by atoms with van der Waals surface area (Å²) in [5, 5.41) is 4.35. The highest BCUT2D eigenvalue weighted by atomic mass is 16.7. The maximum Gasteiger partial charge on any atom is 0.231 e. The van der Waals surface area contributed by atoms with E-state index < -0.39 is 0 Å². The van der Waals surface area contributed by atoms with Crippen molar-refractivity contribution in [1.29, 1.82) is 0 Å². The van der Waals surface area contributed by atoms with E-state index in [2.05, 4.69) is 16.0 Å². The fraction of sp³-hybridized carbons (Fsp3) is 0.0455. The minimum absolute atomic E-state index is 0.0850. The summed E-state index contributed by atoms with van der Waals surface area (Å²) in [5.41, 5.74) is 1.36. The zero-order valence-corrected chi connectivity index (χ0v) is 13.8. The third-order valence-corrected chi connectivity index (χ3v) is 4.42. The second kappa shape index (κ2) is 6.03. The first-order valence-electron chi connectivity index (χ1n) is 8.34. The van der Waals surface area contributed by atoms with Crippen LogP contribution in [-0.4, -0.2) is 12.8 Å². The Morgan fingerprint density at radius 2 is 1.04 bits per heavy atom. The molecule has 0 N–H and O–H groups in total. The highest BCUT2D eigenvalue weighted by Crippen LogP contribution is 2.36. The van der Waals surface area contributed by atoms with E-state index in [0.29, 0.717) is 22.9 Å². The molecule has 0 aromatic heterocycles. The topological polar surface area (TPSA) is 43.2 Å². The molecule has 4 nitrogen and oxygen atoms in total. The molecule has 4 aromatic carbocycles. The largest absolute Gasteiger partial charge is 0.455 e. The van der Waals surface area contributed by atoms with Crippen LogP contribution in [0.5, 0.6) is 11.5 Å². The molecule has 4 heteroatoms. The van der Waals surface area contributed by atoms with Gasteiger partial charge in [-0.2, -0.15) is 9.98 Å². The molecule has 0 radical (unpaired) electrons. The van der Waals surface area contributed by atoms with Gasteiger partial charge in [0.05, 0.1) is 0 Å². The van der Waals surface area contributed by atoms with Gasteiger partial charge in [0.1, 0.15) is 17.4 Å². The van der Waals surface area contributed by atoms with E-state index in [1.54, 1.807) is 0 Å². The number of hydrogen-bond donors (Lipinski definition) is 0. The van der Waals surface area contributed by atoms with Gasteiger partial charge in [0, 0.05) is 0 Å². The van der Waals surface area contributed by atoms with Crippen molar-refractivity contribution in [2.45, 2.75) is 0 Å². The molecule has 0 spiro atoms. The number of nitrogens with zero attached hydrogens (tertiary/aromatic N) is 2. The minimum atomic E-state index is 0.0850. The SMILES string of the molecule is C1=Nc2cc3ccccc3cc2OCOc2cc3ccccc3cc2N=1. The average molecular weight is 338 g/mol. The summed E-state index contributed by atoms with van der Waals surface area (Å²) in [4.78, 5) is 8.76. The second-order valence-electron chi connectivity index (χ2n) is 6.06. The van der Waals surface area contributed by atoms with E-state index in [1.165, 1.54) is 0 Å². The van der Waals surface area contributed by atoms with Crippen molar-refractivity contribution in [3.8, 4) is 11.5 Å². The lowest BCUT2D eigenvalue weighted by molar-refractivity contribution is 0.121. The third-order valence-electron chi connectivity index (χ3n) is 4.42. The predicted octanol–water partition coefficient (Wildman–Crippen LogP) is 5.86. The quantitative estimate of drug-likeness (QED) is 0.403. The van der Waals surface area contributed by atoms with Crippen LogP contribution in [0.3, 0.4) is 0 Å². The number of benzene rings is 4. The smallest absolute Gasteiger partial charge is 0.231 e. The first kappa shape index (κ1) is 14.7. The fourth-order valence-electron chi connectivity index (χ4n) is 3.11. The van der Waals surface area contributed by atoms with Crippen molar-refractivity contribution in [1.82, 2.24) is 0 Å². The molecule has 1 aliphatic heterocycles. The van der Waals surface area contributed by atoms with Crippen LogP contribution in [0.1, 0.15) is 0 Å². The first-order valence-corrected chi connectivity index (χ1v) is 8.34. The molecule has 0 bridgehead atoms. The van der Waals surface area contributed by atoms with Crippen molar-refractivity contribution in [2.75, 3.05) is 6.79 Å². The highest BCUT2D eigenvalue weighted by molar-refractivity contribution is 5.90. The van der Waals surface area contributed by atoms with Crippen molar-refractivity contribution >= 4 is 38.9 Å². The van der Waals surface area contributed by atoms with Crippen LogP contribution in [0.25, 0.3) is 21.5 Å². The Labute approximate surface area is 150 Å². The van der Waals surface area contributed by atoms with Gasteiger partial charge in [0.25, 0.3) is 0 Å². The number of rotatable bonds is 0. The number of hydrogen-bond acceptors (Lipinski definition) is 4. The van der Waals surface area contributed by atoms with Gasteiger partial charge in [-0.05, 0) is 45.8 Å². The van der Waals surface area contributed by atoms with E-state index in [-0.39, 0.29) is 6.79 Å². The maximum absolute atomic E-state index is 5.84. The summed E-state index contributed by atoms with van der Waals surface area (Å²) in [5.74, 6) is 1.30. The molecule has 0 aliphatic carbocycles. The lowest BCUT2D eigenvalue weighted by atomic mass is 10.1. The van der Waals surface area contributed by atoms with Crippen LogP contribution in [0, 0.1) is 0 Å². The summed E-state index contributed by atoms with van der Waals surface area (Å²) in [7, 11) is 0. The molecule has 0 fully saturated rings. The number of aliphatic imine (C=N–C) groups is 2. The van der Waals surface area contributed by atoms with Crippen molar-refractivity contribution in [3.63, 3.8) is 0 Å². The molecule has 0 atom stereocenters. The molecule has 0 unspecified atom stereocenters. The molecule has 1 heterocycles. The highest BCUT2D eigenvalue weighted by Gasteiger charge is 2.10. The normalized spacial score (nSPS) is 12.9. The van der Waals surface area contributed by atoms with E-state index in [1.807, 2.05) is 72.8 Å². The summed E-state index contributed by atoms with van der Waals surface area (Å²) < 4.78 is 11.7. The molecule has 0 amide bonds. The van der Waals surface area contributed by atoms with E-state index >= 15 is 0 Å². The minimum Gasteiger partial charge on any atom is -0.455 e. The Kier molecular flexibility index (Phi) is 3.41. The number of fused-ring (bicyclic) bond motifs is 4. The second-order valence-corrected chi connectivity index (χ2v) is 6.06. The van der Waals surface area contributed by atoms with E-state index in [0.717, 1.165) is 21.5 Å². The van der Waals surface area contributed by atoms with Gasteiger partial charge in [-0.15, -0.1) is 0 Å². The lowest BCUT2D eigenvalue weighted by Crippen LogP contribution is -2.06. The fourth-order valence-corrected chi connectivity index (χ4v) is 3.11. The maximum atomic E-state index is 5.84. The van der Waals surface area contributed by atoms with Crippen LogP contribution >= 0.6 is 0 Å². The van der Waals surface area contributed by atoms with Crippen LogP contribution in [0.2, 0.25) is 0 Å². The van der Waals surface area contributed by atoms with E-state index in [9.17, 15) is 0 Å². The predicted molar refractivity (Wildman–Crippen MR) is 103 cm³/mol. The van der Waals surface area contributed by atoms with Crippen molar-refractivity contribution in [3.05, 3.63) is 72.8 Å². The van der Waals surface area contributed by atoms with Gasteiger partial charge in [-0.1, -0.05) is 48.5 Å². The molecule has 0 saturated carbocycles. The zero-order chi connectivity index (χ0) is 17.3. The van der Waals surface area contributed by atoms with Crippen molar-refractivity contribution in [2.24, 2.45) is 9.98 Å². The van der Waals surface area contributed by atoms with Crippen LogP contribution < -0.4 is 9.47 Å². The Hall–Kier alpha value is -3.62. The van der Waals surface area contributed by atoms with Crippen LogP contribution in [0.15, 0.2) is 82.8 Å². The van der Waals surface area contributed by atoms with E-state index in [4.69, 9.17) is 9.47 Å². The Morgan fingerprint density at radius 3 is 1.50 bits per heavy atom. The monoisotopic (exact) mass is 338 g/mol. The Bertz CT molecular complexity index is 1120. The van der Waals surface area contributed by atoms with Gasteiger partial charge in [-0.3, -0.25) is 0 Å². The molecular formula is C22H14N2O2. The molecule has 1 aliphatic rings. The molecule has 4 aromatic rings. The number of ether oxygens (including phenoxy) is 2. The average Bonchev–Trinajstić information content (AvgIpc) is 2.68. The Morgan fingerprint density at radius 1 is 0.615 bits per heavy atom. The summed E-state index contributed by atoms with van der Waals surface area (Å²) in [6.07, 6.45) is 0. The molecular weight excluding hydrogens is 324 g/mol. The molecule has 0 saturated heterocycles. The summed E-state index contributed by atoms with van der Waals surface area (Å²) in [6.45, 7) is 0.0850. The molecule has 26 heavy (non-hydrogen) atoms. The van der Waals surface area contributed by atoms with Gasteiger partial charge in [0.15, 0.2) is 11.5 Å².